The highest BCUT2D eigenvalue weighted by Gasteiger charge is 2.26. The molecule has 34 heavy (non-hydrogen) atoms. The molecule has 3 aromatic carbocycles. The summed E-state index contributed by atoms with van der Waals surface area (Å²) in [5, 5.41) is 0.563. The second kappa shape index (κ2) is 10.5. The average Bonchev–Trinajstić information content (AvgIpc) is 2.87. The van der Waals surface area contributed by atoms with Gasteiger partial charge in [0.2, 0.25) is 5.91 Å². The molecule has 0 fully saturated rings. The van der Waals surface area contributed by atoms with E-state index in [2.05, 4.69) is 6.92 Å². The van der Waals surface area contributed by atoms with Crippen molar-refractivity contribution in [2.24, 2.45) is 0 Å². The third-order valence-electron chi connectivity index (χ3n) is 6.23. The second-order valence-corrected chi connectivity index (χ2v) is 8.58. The Bertz CT molecular complexity index is 1330. The van der Waals surface area contributed by atoms with Crippen molar-refractivity contribution in [3.63, 3.8) is 0 Å². The van der Waals surface area contributed by atoms with Crippen molar-refractivity contribution in [2.45, 2.75) is 52.6 Å². The van der Waals surface area contributed by atoms with Crippen molar-refractivity contribution < 1.29 is 4.79 Å². The average molecular weight is 454 g/mol. The summed E-state index contributed by atoms with van der Waals surface area (Å²) in [5.74, 6) is 0.613. The minimum atomic E-state index is -0.401. The lowest BCUT2D eigenvalue weighted by Gasteiger charge is -2.31. The van der Waals surface area contributed by atoms with Crippen molar-refractivity contribution >= 4 is 16.8 Å². The Morgan fingerprint density at radius 3 is 2.26 bits per heavy atom. The lowest BCUT2D eigenvalue weighted by molar-refractivity contribution is -0.134. The van der Waals surface area contributed by atoms with Gasteiger partial charge in [-0.25, -0.2) is 4.98 Å². The number of aryl methyl sites for hydroxylation is 1. The molecule has 0 N–H and O–H groups in total. The number of hydrogen-bond acceptors (Lipinski definition) is 3. The smallest absolute Gasteiger partial charge is 0.266 e. The number of hydrogen-bond donors (Lipinski definition) is 0. The van der Waals surface area contributed by atoms with Gasteiger partial charge in [0, 0.05) is 13.0 Å². The van der Waals surface area contributed by atoms with Crippen LogP contribution in [0.4, 0.5) is 0 Å². The van der Waals surface area contributed by atoms with Crippen LogP contribution >= 0.6 is 0 Å². The van der Waals surface area contributed by atoms with Gasteiger partial charge in [-0.2, -0.15) is 0 Å². The fourth-order valence-electron chi connectivity index (χ4n) is 4.28. The lowest BCUT2D eigenvalue weighted by atomic mass is 10.1. The van der Waals surface area contributed by atoms with E-state index in [1.54, 1.807) is 10.6 Å². The topological polar surface area (TPSA) is 55.2 Å². The fraction of sp³-hybridized carbons (Fsp3) is 0.276. The molecule has 0 bridgehead atoms. The largest absolute Gasteiger partial charge is 0.328 e. The van der Waals surface area contributed by atoms with Crippen LogP contribution in [0.2, 0.25) is 0 Å². The maximum absolute atomic E-state index is 13.7. The van der Waals surface area contributed by atoms with Crippen molar-refractivity contribution in [1.82, 2.24) is 14.5 Å². The number of carbonyl (C=O) groups excluding carboxylic acids is 1. The Morgan fingerprint density at radius 1 is 0.912 bits per heavy atom. The third kappa shape index (κ3) is 4.79. The molecule has 1 amide bonds. The summed E-state index contributed by atoms with van der Waals surface area (Å²) < 4.78 is 1.67. The molecule has 0 aliphatic rings. The fourth-order valence-corrected chi connectivity index (χ4v) is 4.28. The molecule has 174 valence electrons. The Kier molecular flexibility index (Phi) is 7.21. The molecular weight excluding hydrogens is 422 g/mol. The van der Waals surface area contributed by atoms with Crippen LogP contribution in [0.15, 0.2) is 83.7 Å². The van der Waals surface area contributed by atoms with Crippen LogP contribution in [0.25, 0.3) is 16.6 Å². The van der Waals surface area contributed by atoms with Crippen molar-refractivity contribution in [3.8, 4) is 5.69 Å². The van der Waals surface area contributed by atoms with Gasteiger partial charge >= 0.3 is 0 Å². The van der Waals surface area contributed by atoms with Gasteiger partial charge < -0.3 is 4.90 Å². The molecule has 4 aromatic rings. The van der Waals surface area contributed by atoms with E-state index in [0.29, 0.717) is 29.7 Å². The first-order valence-corrected chi connectivity index (χ1v) is 12.0. The predicted molar refractivity (Wildman–Crippen MR) is 137 cm³/mol. The van der Waals surface area contributed by atoms with Crippen LogP contribution in [-0.4, -0.2) is 20.4 Å². The number of fused-ring (bicyclic) bond motifs is 1. The van der Waals surface area contributed by atoms with Gasteiger partial charge in [-0.05, 0) is 55.2 Å². The lowest BCUT2D eigenvalue weighted by Crippen LogP contribution is -2.37. The van der Waals surface area contributed by atoms with Gasteiger partial charge in [0.1, 0.15) is 5.82 Å². The summed E-state index contributed by atoms with van der Waals surface area (Å²) >= 11 is 0. The van der Waals surface area contributed by atoms with Gasteiger partial charge in [0.15, 0.2) is 0 Å². The van der Waals surface area contributed by atoms with E-state index in [-0.39, 0.29) is 11.5 Å². The molecule has 0 saturated carbocycles. The third-order valence-corrected chi connectivity index (χ3v) is 6.23. The maximum atomic E-state index is 13.7. The highest BCUT2D eigenvalue weighted by atomic mass is 16.2. The van der Waals surface area contributed by atoms with Gasteiger partial charge in [0.05, 0.1) is 22.6 Å². The molecule has 5 nitrogen and oxygen atoms in total. The number of rotatable bonds is 8. The highest BCUT2D eigenvalue weighted by molar-refractivity contribution is 5.79. The Balaban J connectivity index is 1.89. The number of carbonyl (C=O) groups is 1. The summed E-state index contributed by atoms with van der Waals surface area (Å²) in [6.45, 7) is 6.53. The Labute approximate surface area is 200 Å². The molecule has 1 unspecified atom stereocenters. The molecule has 0 spiro atoms. The molecular formula is C29H31N3O2. The number of amides is 1. The van der Waals surface area contributed by atoms with Crippen LogP contribution in [0.5, 0.6) is 0 Å². The SMILES string of the molecule is CCCC(=O)N(Cc1ccccc1)C(C)c1nc2ccccc2c(=O)n1-c1ccc(CC)cc1. The first-order chi connectivity index (χ1) is 16.5. The molecule has 5 heteroatoms. The Hall–Kier alpha value is -3.73. The van der Waals surface area contributed by atoms with Crippen LogP contribution in [0.1, 0.15) is 56.6 Å². The van der Waals surface area contributed by atoms with E-state index in [1.165, 1.54) is 5.56 Å². The molecule has 1 heterocycles. The van der Waals surface area contributed by atoms with Gasteiger partial charge in [-0.15, -0.1) is 0 Å². The van der Waals surface area contributed by atoms with E-state index in [0.717, 1.165) is 24.1 Å². The monoisotopic (exact) mass is 453 g/mol. The summed E-state index contributed by atoms with van der Waals surface area (Å²) in [7, 11) is 0. The standard InChI is InChI=1S/C29H31N3O2/c1-4-11-27(33)31(20-23-12-7-6-8-13-23)21(3)28-30-26-15-10-9-14-25(26)29(34)32(28)24-18-16-22(5-2)17-19-24/h6-10,12-19,21H,4-5,11,20H2,1-3H3. The number of aromatic nitrogens is 2. The summed E-state index contributed by atoms with van der Waals surface area (Å²) in [4.78, 5) is 33.7. The van der Waals surface area contributed by atoms with E-state index in [9.17, 15) is 9.59 Å². The van der Waals surface area contributed by atoms with Crippen molar-refractivity contribution in [2.75, 3.05) is 0 Å². The molecule has 0 aliphatic heterocycles. The van der Waals surface area contributed by atoms with E-state index in [4.69, 9.17) is 4.98 Å². The predicted octanol–water partition coefficient (Wildman–Crippen LogP) is 5.84. The van der Waals surface area contributed by atoms with E-state index < -0.39 is 6.04 Å². The first kappa shape index (κ1) is 23.4. The van der Waals surface area contributed by atoms with Crippen LogP contribution < -0.4 is 5.56 Å². The van der Waals surface area contributed by atoms with E-state index >= 15 is 0 Å². The number of para-hydroxylation sites is 1. The maximum Gasteiger partial charge on any atom is 0.266 e. The molecule has 1 aromatic heterocycles. The summed E-state index contributed by atoms with van der Waals surface area (Å²) in [6, 6.07) is 24.9. The highest BCUT2D eigenvalue weighted by Crippen LogP contribution is 2.25. The van der Waals surface area contributed by atoms with Crippen molar-refractivity contribution in [1.29, 1.82) is 0 Å². The summed E-state index contributed by atoms with van der Waals surface area (Å²) in [5.41, 5.74) is 3.51. The molecule has 0 saturated heterocycles. The van der Waals surface area contributed by atoms with Gasteiger partial charge in [0.25, 0.3) is 5.56 Å². The molecule has 0 radical (unpaired) electrons. The zero-order valence-electron chi connectivity index (χ0n) is 20.1. The normalized spacial score (nSPS) is 12.0. The first-order valence-electron chi connectivity index (χ1n) is 12.0. The van der Waals surface area contributed by atoms with Crippen LogP contribution in [-0.2, 0) is 17.8 Å². The Morgan fingerprint density at radius 2 is 1.59 bits per heavy atom. The number of benzene rings is 3. The van der Waals surface area contributed by atoms with Gasteiger partial charge in [-0.3, -0.25) is 14.2 Å². The minimum Gasteiger partial charge on any atom is -0.328 e. The van der Waals surface area contributed by atoms with Crippen molar-refractivity contribution in [3.05, 3.63) is 106 Å². The molecule has 4 rings (SSSR count). The zero-order chi connectivity index (χ0) is 24.1. The van der Waals surface area contributed by atoms with E-state index in [1.807, 2.05) is 91.5 Å². The minimum absolute atomic E-state index is 0.0501. The second-order valence-electron chi connectivity index (χ2n) is 8.58. The molecule has 1 atom stereocenters. The van der Waals surface area contributed by atoms with Gasteiger partial charge in [-0.1, -0.05) is 68.4 Å². The number of nitrogens with zero attached hydrogens (tertiary/aromatic N) is 3. The quantitative estimate of drug-likeness (QED) is 0.337. The summed E-state index contributed by atoms with van der Waals surface area (Å²) in [6.07, 6.45) is 2.12. The van der Waals surface area contributed by atoms with Crippen LogP contribution in [0, 0.1) is 0 Å². The molecule has 0 aliphatic carbocycles. The zero-order valence-corrected chi connectivity index (χ0v) is 20.1. The van der Waals surface area contributed by atoms with Crippen LogP contribution in [0.3, 0.4) is 0 Å².